The lowest BCUT2D eigenvalue weighted by atomic mass is 10.2. The van der Waals surface area contributed by atoms with Crippen LogP contribution < -0.4 is 5.32 Å². The Kier molecular flexibility index (Phi) is 9.45. The van der Waals surface area contributed by atoms with Crippen molar-refractivity contribution < 1.29 is 107 Å². The smallest absolute Gasteiger partial charge is 0.297 e. The molecule has 44 heavy (non-hydrogen) atoms. The van der Waals surface area contributed by atoms with E-state index in [1.54, 1.807) is 0 Å². The molecule has 252 valence electrons. The fraction of sp³-hybridized carbons (Fsp3) is 0.529. The Labute approximate surface area is 230 Å². The summed E-state index contributed by atoms with van der Waals surface area (Å²) in [4.78, 5) is 15.2. The number of alkyl halides is 19. The van der Waals surface area contributed by atoms with E-state index in [1.165, 1.54) is 32.4 Å². The van der Waals surface area contributed by atoms with Crippen molar-refractivity contribution in [1.29, 1.82) is 0 Å². The Morgan fingerprint density at radius 2 is 0.977 bits per heavy atom. The number of ether oxygens (including phenoxy) is 4. The number of thiazole rings is 1. The van der Waals surface area contributed by atoms with Crippen molar-refractivity contribution in [3.63, 3.8) is 0 Å². The van der Waals surface area contributed by atoms with Crippen LogP contribution in [0.2, 0.25) is 0 Å². The van der Waals surface area contributed by atoms with Gasteiger partial charge in [0.05, 0.1) is 10.2 Å². The molecule has 0 bridgehead atoms. The van der Waals surface area contributed by atoms with E-state index in [1.807, 2.05) is 0 Å². The first-order valence-corrected chi connectivity index (χ1v) is 10.7. The van der Waals surface area contributed by atoms with Crippen LogP contribution in [-0.4, -0.2) is 65.9 Å². The lowest BCUT2D eigenvalue weighted by Crippen LogP contribution is -2.62. The van der Waals surface area contributed by atoms with Gasteiger partial charge in [0, 0.05) is 0 Å². The van der Waals surface area contributed by atoms with E-state index in [4.69, 9.17) is 0 Å². The van der Waals surface area contributed by atoms with Gasteiger partial charge in [0.2, 0.25) is 0 Å². The van der Waals surface area contributed by atoms with Gasteiger partial charge in [0.15, 0.2) is 5.13 Å². The molecule has 0 radical (unpaired) electrons. The Morgan fingerprint density at radius 3 is 1.36 bits per heavy atom. The van der Waals surface area contributed by atoms with Crippen molar-refractivity contribution in [2.75, 3.05) is 5.32 Å². The van der Waals surface area contributed by atoms with Crippen LogP contribution in [-0.2, 0) is 23.7 Å². The molecule has 0 fully saturated rings. The SMILES string of the molecule is O=C(Nc1nc2ccccc2s1)[C@](F)(OC(F)(F)C(F)(F)OC(F)(F)C(F)(F)OC(F)(F)C(F)(F)OC(F)(F)F)C(F)(F)F. The number of nitrogens with one attached hydrogen (secondary N) is 1. The van der Waals surface area contributed by atoms with E-state index < -0.39 is 66.1 Å². The molecular weight excluding hydrogens is 705 g/mol. The van der Waals surface area contributed by atoms with Crippen LogP contribution in [0.1, 0.15) is 0 Å². The van der Waals surface area contributed by atoms with Gasteiger partial charge in [-0.1, -0.05) is 23.5 Å². The van der Waals surface area contributed by atoms with Crippen LogP contribution in [0, 0.1) is 0 Å². The van der Waals surface area contributed by atoms with E-state index in [0.29, 0.717) is 0 Å². The number of carbonyl (C=O) groups excluding carboxylic acids is 1. The molecule has 0 aliphatic carbocycles. The predicted octanol–water partition coefficient (Wildman–Crippen LogP) is 7.61. The highest BCUT2D eigenvalue weighted by molar-refractivity contribution is 7.22. The highest BCUT2D eigenvalue weighted by Gasteiger charge is 2.79. The van der Waals surface area contributed by atoms with Crippen LogP contribution in [0.25, 0.3) is 10.2 Å². The summed E-state index contributed by atoms with van der Waals surface area (Å²) in [5.41, 5.74) is -0.130. The van der Waals surface area contributed by atoms with E-state index in [0.717, 1.165) is 11.4 Å². The minimum atomic E-state index is -7.83. The van der Waals surface area contributed by atoms with Gasteiger partial charge in [-0.25, -0.2) is 19.2 Å². The number of benzene rings is 1. The van der Waals surface area contributed by atoms with Gasteiger partial charge in [0.25, 0.3) is 0 Å². The van der Waals surface area contributed by atoms with E-state index in [-0.39, 0.29) is 21.6 Å². The van der Waals surface area contributed by atoms with Gasteiger partial charge < -0.3 is 0 Å². The topological polar surface area (TPSA) is 78.9 Å². The normalized spacial score (nSPS) is 16.2. The average Bonchev–Trinajstić information content (AvgIpc) is 3.16. The number of nitrogens with zero attached hydrogens (tertiary/aromatic N) is 1. The second-order valence-corrected chi connectivity index (χ2v) is 8.52. The molecule has 0 saturated heterocycles. The first kappa shape index (κ1) is 37.3. The maximum absolute atomic E-state index is 14.5. The summed E-state index contributed by atoms with van der Waals surface area (Å²) in [7, 11) is 0. The largest absolute Gasteiger partial charge is 0.527 e. The van der Waals surface area contributed by atoms with Crippen LogP contribution in [0.4, 0.5) is 88.5 Å². The van der Waals surface area contributed by atoms with Gasteiger partial charge in [-0.15, -0.1) is 13.2 Å². The van der Waals surface area contributed by atoms with Crippen molar-refractivity contribution >= 4 is 32.6 Å². The first-order chi connectivity index (χ1) is 19.3. The number of rotatable bonds is 12. The predicted molar refractivity (Wildman–Crippen MR) is 98.2 cm³/mol. The molecular formula is C17H5F19N2O5S. The van der Waals surface area contributed by atoms with Gasteiger partial charge in [-0.05, 0) is 12.1 Å². The molecule has 0 unspecified atom stereocenters. The van der Waals surface area contributed by atoms with Gasteiger partial charge in [-0.3, -0.25) is 14.8 Å². The third-order valence-corrected chi connectivity index (χ3v) is 5.16. The lowest BCUT2D eigenvalue weighted by Gasteiger charge is -2.36. The minimum absolute atomic E-state index is 0.0316. The summed E-state index contributed by atoms with van der Waals surface area (Å²) in [5.74, 6) is -10.2. The molecule has 0 spiro atoms. The number of fused-ring (bicyclic) bond motifs is 1. The molecule has 1 aromatic carbocycles. The van der Waals surface area contributed by atoms with Crippen molar-refractivity contribution in [3.8, 4) is 0 Å². The minimum Gasteiger partial charge on any atom is -0.297 e. The summed E-state index contributed by atoms with van der Waals surface area (Å²) in [6, 6.07) is 4.89. The molecule has 1 amide bonds. The summed E-state index contributed by atoms with van der Waals surface area (Å²) < 4.78 is 256. The number of halogens is 19. The van der Waals surface area contributed by atoms with Crippen molar-refractivity contribution in [3.05, 3.63) is 24.3 Å². The Bertz CT molecular complexity index is 1310. The number of aromatic nitrogens is 1. The third-order valence-electron chi connectivity index (χ3n) is 4.21. The zero-order chi connectivity index (χ0) is 34.6. The Morgan fingerprint density at radius 1 is 0.591 bits per heavy atom. The highest BCUT2D eigenvalue weighted by atomic mass is 32.1. The Hall–Kier alpha value is -2.91. The molecule has 1 aromatic heterocycles. The lowest BCUT2D eigenvalue weighted by molar-refractivity contribution is -0.579. The molecule has 27 heteroatoms. The zero-order valence-corrected chi connectivity index (χ0v) is 20.2. The molecule has 2 rings (SSSR count). The van der Waals surface area contributed by atoms with Crippen molar-refractivity contribution in [2.24, 2.45) is 0 Å². The summed E-state index contributed by atoms with van der Waals surface area (Å²) in [6.45, 7) is 0. The van der Waals surface area contributed by atoms with Crippen molar-refractivity contribution in [2.45, 2.75) is 55.0 Å². The number of carbonyl (C=O) groups is 1. The van der Waals surface area contributed by atoms with Crippen LogP contribution in [0.15, 0.2) is 24.3 Å². The summed E-state index contributed by atoms with van der Waals surface area (Å²) in [6.07, 6.45) is -59.9. The van der Waals surface area contributed by atoms with Gasteiger partial charge in [-0.2, -0.15) is 70.2 Å². The molecule has 2 aromatic rings. The highest BCUT2D eigenvalue weighted by Crippen LogP contribution is 2.52. The van der Waals surface area contributed by atoms with Crippen LogP contribution in [0.3, 0.4) is 0 Å². The Balaban J connectivity index is 2.35. The molecule has 7 nitrogen and oxygen atoms in total. The van der Waals surface area contributed by atoms with E-state index >= 15 is 0 Å². The van der Waals surface area contributed by atoms with E-state index in [2.05, 4.69) is 9.72 Å². The second kappa shape index (κ2) is 11.2. The molecule has 0 aliphatic rings. The first-order valence-electron chi connectivity index (χ1n) is 9.86. The molecule has 0 aliphatic heterocycles. The van der Waals surface area contributed by atoms with Gasteiger partial charge >= 0.3 is 61.0 Å². The zero-order valence-electron chi connectivity index (χ0n) is 19.4. The molecule has 1 atom stereocenters. The van der Waals surface area contributed by atoms with Crippen LogP contribution in [0.5, 0.6) is 0 Å². The quantitative estimate of drug-likeness (QED) is 0.229. The maximum atomic E-state index is 14.5. The van der Waals surface area contributed by atoms with Crippen molar-refractivity contribution in [1.82, 2.24) is 4.98 Å². The fourth-order valence-corrected chi connectivity index (χ4v) is 3.20. The summed E-state index contributed by atoms with van der Waals surface area (Å²) in [5, 5.41) is -0.172. The number of para-hydroxylation sites is 1. The monoisotopic (exact) mass is 710 g/mol. The van der Waals surface area contributed by atoms with Gasteiger partial charge in [0.1, 0.15) is 0 Å². The number of anilines is 1. The number of hydrogen-bond acceptors (Lipinski definition) is 7. The fourth-order valence-electron chi connectivity index (χ4n) is 2.34. The summed E-state index contributed by atoms with van der Waals surface area (Å²) >= 11 is 0.220. The number of amides is 1. The maximum Gasteiger partial charge on any atom is 0.527 e. The van der Waals surface area contributed by atoms with E-state index in [9.17, 15) is 88.2 Å². The van der Waals surface area contributed by atoms with Crippen LogP contribution >= 0.6 is 11.3 Å². The molecule has 0 saturated carbocycles. The molecule has 1 heterocycles. The third kappa shape index (κ3) is 7.65. The average molecular weight is 710 g/mol. The second-order valence-electron chi connectivity index (χ2n) is 7.49. The standard InChI is InChI=1S/C17H5F19N2O5S/c18-9(10(19,20)21,7(39)38-8-37-5-3-1-2-4-6(5)44-8)40-11(22,23)12(24,25)41-13(26,27)14(28,29)42-15(30,31)16(32,33)43-17(34,35)36/h1-4H,(H,37,38,39)/t9-/m0/s1. The molecule has 1 N–H and O–H groups in total. The number of hydrogen-bond donors (Lipinski definition) is 1.